The first-order chi connectivity index (χ1) is 19.6. The minimum absolute atomic E-state index is 0.0331. The van der Waals surface area contributed by atoms with Gasteiger partial charge in [0.05, 0.1) is 21.9 Å². The molecule has 41 heavy (non-hydrogen) atoms. The van der Waals surface area contributed by atoms with Crippen molar-refractivity contribution in [2.75, 3.05) is 11.5 Å². The van der Waals surface area contributed by atoms with Gasteiger partial charge in [-0.05, 0) is 46.6 Å². The van der Waals surface area contributed by atoms with Crippen LogP contribution in [-0.2, 0) is 52.8 Å². The van der Waals surface area contributed by atoms with Crippen LogP contribution in [-0.4, -0.2) is 53.2 Å². The highest BCUT2D eigenvalue weighted by molar-refractivity contribution is 8.33. The van der Waals surface area contributed by atoms with Crippen molar-refractivity contribution in [3.63, 3.8) is 0 Å². The molecule has 1 fully saturated rings. The molecule has 2 atom stereocenters. The van der Waals surface area contributed by atoms with Crippen molar-refractivity contribution in [3.8, 4) is 0 Å². The zero-order valence-corrected chi connectivity index (χ0v) is 25.4. The van der Waals surface area contributed by atoms with E-state index in [0.717, 1.165) is 0 Å². The van der Waals surface area contributed by atoms with E-state index in [1.54, 1.807) is 36.4 Å². The first kappa shape index (κ1) is 29.6. The fourth-order valence-corrected chi connectivity index (χ4v) is 11.4. The molecule has 0 aliphatic carbocycles. The summed E-state index contributed by atoms with van der Waals surface area (Å²) in [4.78, 5) is 0.135. The molecular formula is C30H30N2O5S4. The highest BCUT2D eigenvalue weighted by Gasteiger charge is 2.49. The average Bonchev–Trinajstić information content (AvgIpc) is 3.30. The van der Waals surface area contributed by atoms with E-state index in [0.29, 0.717) is 11.1 Å². The molecule has 0 amide bonds. The van der Waals surface area contributed by atoms with Gasteiger partial charge in [-0.3, -0.25) is 4.21 Å². The largest absolute Gasteiger partial charge is 0.257 e. The number of hydrogen-bond donors (Lipinski definition) is 0. The highest BCUT2D eigenvalue weighted by Crippen LogP contribution is 2.34. The van der Waals surface area contributed by atoms with Crippen LogP contribution in [0.15, 0.2) is 131 Å². The van der Waals surface area contributed by atoms with Crippen LogP contribution >= 0.6 is 0 Å². The van der Waals surface area contributed by atoms with Gasteiger partial charge in [-0.25, -0.2) is 16.8 Å². The monoisotopic (exact) mass is 626 g/mol. The first-order valence-electron chi connectivity index (χ1n) is 13.0. The number of benzene rings is 4. The van der Waals surface area contributed by atoms with Gasteiger partial charge < -0.3 is 0 Å². The second-order valence-electron chi connectivity index (χ2n) is 9.91. The lowest BCUT2D eigenvalue weighted by Gasteiger charge is -2.37. The molecule has 1 aliphatic heterocycles. The molecule has 0 aromatic heterocycles. The molecule has 0 radical (unpaired) electrons. The van der Waals surface area contributed by atoms with E-state index in [9.17, 15) is 21.0 Å². The Morgan fingerprint density at radius 1 is 0.561 bits per heavy atom. The third-order valence-corrected chi connectivity index (χ3v) is 13.4. The van der Waals surface area contributed by atoms with Gasteiger partial charge in [-0.2, -0.15) is 8.61 Å². The molecule has 7 nitrogen and oxygen atoms in total. The SMILES string of the molecule is O=S(=O)(c1ccccc1)N(Cc1ccccc1)[C@H]1CS(=O)(=S)C[C@@H]1N(Cc1ccccc1)S(=O)(=O)c1ccccc1. The summed E-state index contributed by atoms with van der Waals surface area (Å²) in [5, 5.41) is 0. The molecule has 1 aliphatic rings. The summed E-state index contributed by atoms with van der Waals surface area (Å²) >= 11 is 5.49. The van der Waals surface area contributed by atoms with E-state index >= 15 is 0 Å². The standard InChI is InChI=1S/C30H30N2O5S4/c33-39(38)23-29(31(21-25-13-5-1-6-14-25)40(34,35)27-17-9-3-10-18-27)30(24-39)32(22-26-15-7-2-8-16-26)41(36,37)28-19-11-4-12-20-28/h1-20,29-30H,21-24H2/t29-,30-/m0/s1. The topological polar surface area (TPSA) is 91.8 Å². The third-order valence-electron chi connectivity index (χ3n) is 7.10. The molecule has 0 unspecified atom stereocenters. The van der Waals surface area contributed by atoms with Gasteiger partial charge in [0.25, 0.3) is 0 Å². The van der Waals surface area contributed by atoms with Gasteiger partial charge in [-0.1, -0.05) is 97.1 Å². The molecule has 4 aromatic rings. The number of nitrogens with zero attached hydrogens (tertiary/aromatic N) is 2. The zero-order valence-electron chi connectivity index (χ0n) is 22.1. The Labute approximate surface area is 247 Å². The Bertz CT molecular complexity index is 1660. The van der Waals surface area contributed by atoms with Crippen molar-refractivity contribution in [1.29, 1.82) is 0 Å². The minimum atomic E-state index is -4.14. The van der Waals surface area contributed by atoms with Crippen molar-refractivity contribution in [3.05, 3.63) is 132 Å². The fraction of sp³-hybridized carbons (Fsp3) is 0.200. The summed E-state index contributed by atoms with van der Waals surface area (Å²) in [6.45, 7) is -0.0662. The fourth-order valence-electron chi connectivity index (χ4n) is 5.10. The van der Waals surface area contributed by atoms with Crippen LogP contribution in [0.1, 0.15) is 11.1 Å². The van der Waals surface area contributed by atoms with Gasteiger partial charge >= 0.3 is 0 Å². The summed E-state index contributed by atoms with van der Waals surface area (Å²) in [5.74, 6) is -0.275. The molecule has 1 heterocycles. The number of rotatable bonds is 10. The average molecular weight is 627 g/mol. The van der Waals surface area contributed by atoms with Crippen molar-refractivity contribution >= 4 is 39.7 Å². The Hall–Kier alpha value is -2.93. The van der Waals surface area contributed by atoms with Crippen LogP contribution in [0.5, 0.6) is 0 Å². The first-order valence-corrected chi connectivity index (χ1v) is 18.7. The van der Waals surface area contributed by atoms with E-state index in [-0.39, 0.29) is 34.4 Å². The molecule has 1 saturated heterocycles. The third kappa shape index (κ3) is 6.61. The molecule has 11 heteroatoms. The molecule has 0 saturated carbocycles. The second kappa shape index (κ2) is 12.1. The molecule has 214 valence electrons. The van der Waals surface area contributed by atoms with Crippen molar-refractivity contribution in [1.82, 2.24) is 8.61 Å². The van der Waals surface area contributed by atoms with Crippen LogP contribution in [0.2, 0.25) is 0 Å². The van der Waals surface area contributed by atoms with Crippen molar-refractivity contribution in [2.24, 2.45) is 0 Å². The Morgan fingerprint density at radius 3 is 1.17 bits per heavy atom. The van der Waals surface area contributed by atoms with Gasteiger partial charge in [0.1, 0.15) is 0 Å². The van der Waals surface area contributed by atoms with E-state index in [1.165, 1.54) is 32.9 Å². The lowest BCUT2D eigenvalue weighted by molar-refractivity contribution is 0.219. The summed E-state index contributed by atoms with van der Waals surface area (Å²) in [6, 6.07) is 32.2. The Kier molecular flexibility index (Phi) is 8.74. The van der Waals surface area contributed by atoms with E-state index in [1.807, 2.05) is 60.7 Å². The summed E-state index contributed by atoms with van der Waals surface area (Å²) < 4.78 is 73.1. The van der Waals surface area contributed by atoms with Crippen LogP contribution < -0.4 is 0 Å². The van der Waals surface area contributed by atoms with E-state index in [2.05, 4.69) is 0 Å². The zero-order chi connectivity index (χ0) is 29.1. The lowest BCUT2D eigenvalue weighted by Crippen LogP contribution is -2.54. The summed E-state index contributed by atoms with van der Waals surface area (Å²) in [7, 11) is -11.3. The van der Waals surface area contributed by atoms with Gasteiger partial charge in [0.2, 0.25) is 20.0 Å². The van der Waals surface area contributed by atoms with Crippen molar-refractivity contribution in [2.45, 2.75) is 35.0 Å². The van der Waals surface area contributed by atoms with Crippen LogP contribution in [0.4, 0.5) is 0 Å². The maximum Gasteiger partial charge on any atom is 0.243 e. The predicted octanol–water partition coefficient (Wildman–Crippen LogP) is 4.27. The molecule has 4 aromatic carbocycles. The van der Waals surface area contributed by atoms with Crippen molar-refractivity contribution < 1.29 is 21.0 Å². The molecule has 5 rings (SSSR count). The van der Waals surface area contributed by atoms with Crippen LogP contribution in [0.3, 0.4) is 0 Å². The maximum atomic E-state index is 14.2. The quantitative estimate of drug-likeness (QED) is 0.261. The number of sulfonamides is 2. The summed E-state index contributed by atoms with van der Waals surface area (Å²) in [6.07, 6.45) is 0. The lowest BCUT2D eigenvalue weighted by atomic mass is 10.1. The van der Waals surface area contributed by atoms with Gasteiger partial charge in [0, 0.05) is 33.1 Å². The predicted molar refractivity (Wildman–Crippen MR) is 164 cm³/mol. The van der Waals surface area contributed by atoms with Crippen LogP contribution in [0, 0.1) is 0 Å². The Morgan fingerprint density at radius 2 is 0.854 bits per heavy atom. The highest BCUT2D eigenvalue weighted by atomic mass is 32.8. The molecule has 0 spiro atoms. The normalized spacial score (nSPS) is 19.0. The maximum absolute atomic E-state index is 14.2. The molecule has 0 bridgehead atoms. The smallest absolute Gasteiger partial charge is 0.243 e. The molecular weight excluding hydrogens is 597 g/mol. The van der Waals surface area contributed by atoms with E-state index in [4.69, 9.17) is 11.2 Å². The second-order valence-corrected chi connectivity index (χ2v) is 17.7. The Balaban J connectivity index is 1.67. The molecule has 0 N–H and O–H groups in total. The van der Waals surface area contributed by atoms with Crippen LogP contribution in [0.25, 0.3) is 0 Å². The summed E-state index contributed by atoms with van der Waals surface area (Å²) in [5.41, 5.74) is 1.43. The van der Waals surface area contributed by atoms with E-state index < -0.39 is 40.6 Å². The minimum Gasteiger partial charge on any atom is -0.257 e. The van der Waals surface area contributed by atoms with Gasteiger partial charge in [0.15, 0.2) is 0 Å². The number of hydrogen-bond acceptors (Lipinski definition) is 6. The van der Waals surface area contributed by atoms with Gasteiger partial charge in [-0.15, -0.1) is 0 Å².